The summed E-state index contributed by atoms with van der Waals surface area (Å²) in [4.78, 5) is 41.3. The molecule has 0 fully saturated rings. The number of carbonyl (C=O) groups is 3. The van der Waals surface area contributed by atoms with Crippen molar-refractivity contribution in [3.63, 3.8) is 0 Å². The van der Waals surface area contributed by atoms with Gasteiger partial charge in [-0.2, -0.15) is 0 Å². The molecule has 0 radical (unpaired) electrons. The lowest BCUT2D eigenvalue weighted by atomic mass is 10.1. The molecule has 186 valence electrons. The average Bonchev–Trinajstić information content (AvgIpc) is 2.91. The normalized spacial score (nSPS) is 11.4. The van der Waals surface area contributed by atoms with Crippen molar-refractivity contribution in [3.05, 3.63) is 89.8 Å². The van der Waals surface area contributed by atoms with Crippen molar-refractivity contribution in [2.75, 3.05) is 19.5 Å². The van der Waals surface area contributed by atoms with Crippen molar-refractivity contribution in [2.45, 2.75) is 12.5 Å². The summed E-state index contributed by atoms with van der Waals surface area (Å²) in [5.74, 6) is -0.453. The Labute approximate surface area is 207 Å². The van der Waals surface area contributed by atoms with Crippen LogP contribution in [0.25, 0.3) is 6.08 Å². The van der Waals surface area contributed by atoms with E-state index in [1.54, 1.807) is 54.3 Å². The molecule has 0 aliphatic heterocycles. The predicted octanol–water partition coefficient (Wildman–Crippen LogP) is 2.60. The van der Waals surface area contributed by atoms with Gasteiger partial charge in [-0.3, -0.25) is 24.6 Å². The molecule has 4 N–H and O–H groups in total. The lowest BCUT2D eigenvalue weighted by Gasteiger charge is -2.18. The highest BCUT2D eigenvalue weighted by Gasteiger charge is 2.21. The summed E-state index contributed by atoms with van der Waals surface area (Å²) >= 11 is 0. The summed E-state index contributed by atoms with van der Waals surface area (Å²) in [6.07, 6.45) is 6.35. The Kier molecular flexibility index (Phi) is 9.12. The molecule has 1 atom stereocenters. The number of hydrogen-bond donors (Lipinski definition) is 4. The highest BCUT2D eigenvalue weighted by Crippen LogP contribution is 2.23. The first-order chi connectivity index (χ1) is 17.4. The number of methoxy groups -OCH3 is 2. The fourth-order valence-electron chi connectivity index (χ4n) is 3.28. The van der Waals surface area contributed by atoms with Crippen molar-refractivity contribution in [3.8, 4) is 11.5 Å². The van der Waals surface area contributed by atoms with E-state index in [1.165, 1.54) is 44.6 Å². The van der Waals surface area contributed by atoms with Gasteiger partial charge in [0.1, 0.15) is 17.5 Å². The molecule has 0 saturated heterocycles. The molecule has 0 bridgehead atoms. The summed E-state index contributed by atoms with van der Waals surface area (Å²) < 4.78 is 10.5. The summed E-state index contributed by atoms with van der Waals surface area (Å²) in [5.41, 5.74) is 3.62. The molecule has 0 spiro atoms. The Balaban J connectivity index is 1.74. The summed E-state index contributed by atoms with van der Waals surface area (Å²) in [7, 11) is 3.07. The van der Waals surface area contributed by atoms with Gasteiger partial charge < -0.3 is 20.1 Å². The molecule has 0 aliphatic carbocycles. The van der Waals surface area contributed by atoms with Crippen LogP contribution in [0.3, 0.4) is 0 Å². The van der Waals surface area contributed by atoms with Gasteiger partial charge in [-0.1, -0.05) is 6.07 Å². The zero-order valence-electron chi connectivity index (χ0n) is 19.7. The van der Waals surface area contributed by atoms with Gasteiger partial charge >= 0.3 is 0 Å². The van der Waals surface area contributed by atoms with Gasteiger partial charge in [0.15, 0.2) is 0 Å². The number of nitrogens with zero attached hydrogens (tertiary/aromatic N) is 1. The number of rotatable bonds is 10. The second-order valence-corrected chi connectivity index (χ2v) is 7.61. The first-order valence-corrected chi connectivity index (χ1v) is 10.9. The van der Waals surface area contributed by atoms with Gasteiger partial charge in [0.2, 0.25) is 11.8 Å². The van der Waals surface area contributed by atoms with Crippen molar-refractivity contribution in [2.24, 2.45) is 0 Å². The number of aromatic nitrogens is 1. The third-order valence-electron chi connectivity index (χ3n) is 5.11. The van der Waals surface area contributed by atoms with Gasteiger partial charge in [-0.15, -0.1) is 0 Å². The molecule has 2 aromatic carbocycles. The van der Waals surface area contributed by atoms with Crippen LogP contribution >= 0.6 is 0 Å². The number of hydrogen-bond acceptors (Lipinski definition) is 7. The maximum atomic E-state index is 13.0. The zero-order valence-corrected chi connectivity index (χ0v) is 19.7. The van der Waals surface area contributed by atoms with Crippen molar-refractivity contribution in [1.29, 1.82) is 0 Å². The molecular weight excluding hydrogens is 464 g/mol. The van der Waals surface area contributed by atoms with Crippen LogP contribution in [0.4, 0.5) is 5.69 Å². The molecule has 1 unspecified atom stereocenters. The van der Waals surface area contributed by atoms with E-state index in [9.17, 15) is 14.4 Å². The summed E-state index contributed by atoms with van der Waals surface area (Å²) in [6, 6.07) is 13.8. The first kappa shape index (κ1) is 25.9. The second kappa shape index (κ2) is 12.7. The van der Waals surface area contributed by atoms with E-state index in [1.807, 2.05) is 0 Å². The van der Waals surface area contributed by atoms with Crippen LogP contribution in [-0.2, 0) is 16.0 Å². The monoisotopic (exact) mass is 490 g/mol. The number of amides is 3. The lowest BCUT2D eigenvalue weighted by molar-refractivity contribution is -0.123. The van der Waals surface area contributed by atoms with Crippen LogP contribution in [-0.4, -0.2) is 48.2 Å². The Bertz CT molecular complexity index is 1210. The maximum Gasteiger partial charge on any atom is 0.274 e. The number of hydroxylamine groups is 1. The quantitative estimate of drug-likeness (QED) is 0.195. The van der Waals surface area contributed by atoms with E-state index in [-0.39, 0.29) is 12.0 Å². The molecule has 3 rings (SSSR count). The van der Waals surface area contributed by atoms with E-state index in [4.69, 9.17) is 14.7 Å². The maximum absolute atomic E-state index is 13.0. The Morgan fingerprint density at radius 1 is 1.03 bits per heavy atom. The van der Waals surface area contributed by atoms with Crippen LogP contribution in [0.2, 0.25) is 0 Å². The van der Waals surface area contributed by atoms with Gasteiger partial charge in [0.25, 0.3) is 5.91 Å². The zero-order chi connectivity index (χ0) is 25.9. The minimum atomic E-state index is -0.911. The number of benzene rings is 2. The van der Waals surface area contributed by atoms with Crippen molar-refractivity contribution < 1.29 is 29.1 Å². The van der Waals surface area contributed by atoms with Gasteiger partial charge in [-0.05, 0) is 59.7 Å². The molecule has 10 heteroatoms. The smallest absolute Gasteiger partial charge is 0.274 e. The average molecular weight is 491 g/mol. The fourth-order valence-corrected chi connectivity index (χ4v) is 3.28. The number of anilines is 1. The minimum Gasteiger partial charge on any atom is -0.497 e. The van der Waals surface area contributed by atoms with Crippen LogP contribution in [0, 0.1) is 0 Å². The van der Waals surface area contributed by atoms with Gasteiger partial charge in [0.05, 0.1) is 14.2 Å². The Morgan fingerprint density at radius 3 is 2.31 bits per heavy atom. The lowest BCUT2D eigenvalue weighted by Crippen LogP contribution is -2.44. The summed E-state index contributed by atoms with van der Waals surface area (Å²) in [6.45, 7) is 0. The predicted molar refractivity (Wildman–Crippen MR) is 133 cm³/mol. The largest absolute Gasteiger partial charge is 0.497 e. The van der Waals surface area contributed by atoms with Gasteiger partial charge in [-0.25, -0.2) is 5.48 Å². The molecule has 1 aromatic heterocycles. The van der Waals surface area contributed by atoms with E-state index in [2.05, 4.69) is 15.6 Å². The minimum absolute atomic E-state index is 0.206. The number of carbonyl (C=O) groups excluding carboxylic acids is 3. The van der Waals surface area contributed by atoms with E-state index < -0.39 is 23.8 Å². The van der Waals surface area contributed by atoms with Crippen LogP contribution in [0.15, 0.2) is 73.1 Å². The Hall–Kier alpha value is -4.70. The third-order valence-corrected chi connectivity index (χ3v) is 5.11. The number of nitrogens with one attached hydrogen (secondary N) is 3. The number of ether oxygens (including phenoxy) is 2. The van der Waals surface area contributed by atoms with Crippen LogP contribution in [0.1, 0.15) is 21.5 Å². The van der Waals surface area contributed by atoms with Crippen LogP contribution in [0.5, 0.6) is 11.5 Å². The molecular formula is C26H26N4O6. The van der Waals surface area contributed by atoms with Crippen molar-refractivity contribution in [1.82, 2.24) is 15.8 Å². The number of pyridine rings is 1. The fraction of sp³-hybridized carbons (Fsp3) is 0.154. The SMILES string of the molecule is COc1cc(/C=C/C(=O)NC(Cc2cccnc2)C(=O)Nc2ccc(C(=O)NO)cc2)cc(OC)c1. The molecule has 3 aromatic rings. The van der Waals surface area contributed by atoms with Gasteiger partial charge in [0, 0.05) is 42.2 Å². The summed E-state index contributed by atoms with van der Waals surface area (Å²) in [5, 5.41) is 14.2. The molecule has 3 amide bonds. The molecule has 36 heavy (non-hydrogen) atoms. The standard InChI is InChI=1S/C26H26N4O6/c1-35-21-12-17(13-22(15-21)36-2)5-10-24(31)29-23(14-18-4-3-11-27-16-18)26(33)28-20-8-6-19(7-9-20)25(32)30-34/h3-13,15-16,23,34H,14H2,1-2H3,(H,28,33)(H,29,31)(H,30,32)/b10-5+. The molecule has 1 heterocycles. The topological polar surface area (TPSA) is 139 Å². The first-order valence-electron chi connectivity index (χ1n) is 10.9. The van der Waals surface area contributed by atoms with E-state index in [0.717, 1.165) is 5.56 Å². The Morgan fingerprint density at radius 2 is 1.72 bits per heavy atom. The third kappa shape index (κ3) is 7.40. The highest BCUT2D eigenvalue weighted by molar-refractivity contribution is 6.00. The second-order valence-electron chi connectivity index (χ2n) is 7.61. The highest BCUT2D eigenvalue weighted by atomic mass is 16.5. The van der Waals surface area contributed by atoms with Crippen LogP contribution < -0.4 is 25.6 Å². The molecule has 0 aliphatic rings. The van der Waals surface area contributed by atoms with E-state index in [0.29, 0.717) is 22.7 Å². The van der Waals surface area contributed by atoms with Crippen molar-refractivity contribution >= 4 is 29.5 Å². The molecule has 0 saturated carbocycles. The molecule has 10 nitrogen and oxygen atoms in total. The van der Waals surface area contributed by atoms with E-state index >= 15 is 0 Å².